The second kappa shape index (κ2) is 9.65. The smallest absolute Gasteiger partial charge is 0.0798 e. The molecular formula is C26H27NS. The number of nitrogens with zero attached hydrogens (tertiary/aromatic N) is 1. The highest BCUT2D eigenvalue weighted by molar-refractivity contribution is 7.78. The summed E-state index contributed by atoms with van der Waals surface area (Å²) in [5, 5.41) is 2.46. The zero-order valence-corrected chi connectivity index (χ0v) is 17.8. The Morgan fingerprint density at radius 3 is 2.14 bits per heavy atom. The van der Waals surface area contributed by atoms with Gasteiger partial charge in [0.1, 0.15) is 0 Å². The summed E-state index contributed by atoms with van der Waals surface area (Å²) in [7, 11) is 0. The van der Waals surface area contributed by atoms with E-state index in [2.05, 4.69) is 91.3 Å². The fourth-order valence-corrected chi connectivity index (χ4v) is 3.86. The number of benzene rings is 2. The van der Waals surface area contributed by atoms with E-state index in [-0.39, 0.29) is 0 Å². The number of isothiocyanates is 1. The molecule has 1 aliphatic rings. The van der Waals surface area contributed by atoms with E-state index in [0.717, 1.165) is 33.9 Å². The first kappa shape index (κ1) is 20.3. The van der Waals surface area contributed by atoms with E-state index in [1.165, 1.54) is 31.2 Å². The lowest BCUT2D eigenvalue weighted by atomic mass is 9.83. The van der Waals surface area contributed by atoms with Crippen molar-refractivity contribution in [1.29, 1.82) is 0 Å². The Balaban J connectivity index is 1.67. The highest BCUT2D eigenvalue weighted by Gasteiger charge is 2.15. The normalized spacial score (nSPS) is 19.0. The monoisotopic (exact) mass is 385 g/mol. The molecule has 3 rings (SSSR count). The van der Waals surface area contributed by atoms with E-state index >= 15 is 0 Å². The number of rotatable bonds is 3. The fraction of sp³-hybridized carbons (Fsp3) is 0.346. The third kappa shape index (κ3) is 5.52. The number of aryl methyl sites for hydroxylation is 2. The number of hydrogen-bond acceptors (Lipinski definition) is 2. The van der Waals surface area contributed by atoms with Gasteiger partial charge in [0.15, 0.2) is 0 Å². The summed E-state index contributed by atoms with van der Waals surface area (Å²) in [4.78, 5) is 4.16. The number of thiocarbonyl (C=S) groups is 1. The molecule has 0 saturated heterocycles. The quantitative estimate of drug-likeness (QED) is 0.232. The zero-order valence-electron chi connectivity index (χ0n) is 17.0. The second-order valence-electron chi connectivity index (χ2n) is 7.89. The summed E-state index contributed by atoms with van der Waals surface area (Å²) in [6.07, 6.45) is 9.41. The van der Waals surface area contributed by atoms with E-state index in [9.17, 15) is 0 Å². The summed E-state index contributed by atoms with van der Waals surface area (Å²) in [6.45, 7) is 6.45. The molecule has 0 N–H and O–H groups in total. The fourth-order valence-electron chi connectivity index (χ4n) is 3.77. The van der Waals surface area contributed by atoms with Gasteiger partial charge in [0.25, 0.3) is 0 Å². The number of hydrogen-bond donors (Lipinski definition) is 0. The molecule has 2 heteroatoms. The van der Waals surface area contributed by atoms with Crippen molar-refractivity contribution in [3.8, 4) is 11.8 Å². The van der Waals surface area contributed by atoms with Gasteiger partial charge in [-0.3, -0.25) is 0 Å². The Labute approximate surface area is 174 Å². The van der Waals surface area contributed by atoms with Crippen LogP contribution in [0.4, 0.5) is 5.69 Å². The summed E-state index contributed by atoms with van der Waals surface area (Å²) >= 11 is 4.73. The van der Waals surface area contributed by atoms with Gasteiger partial charge in [-0.2, -0.15) is 4.99 Å². The molecule has 2 aromatic rings. The second-order valence-corrected chi connectivity index (χ2v) is 8.07. The minimum Gasteiger partial charge on any atom is -0.194 e. The Morgan fingerprint density at radius 1 is 0.929 bits per heavy atom. The summed E-state index contributed by atoms with van der Waals surface area (Å²) in [5.74, 6) is 8.29. The maximum Gasteiger partial charge on any atom is 0.0798 e. The lowest BCUT2D eigenvalue weighted by Gasteiger charge is -2.21. The van der Waals surface area contributed by atoms with Crippen LogP contribution in [0.15, 0.2) is 41.4 Å². The van der Waals surface area contributed by atoms with Gasteiger partial charge < -0.3 is 0 Å². The summed E-state index contributed by atoms with van der Waals surface area (Å²) < 4.78 is 0. The van der Waals surface area contributed by atoms with Crippen molar-refractivity contribution in [1.82, 2.24) is 0 Å². The predicted molar refractivity (Wildman–Crippen MR) is 124 cm³/mol. The highest BCUT2D eigenvalue weighted by Crippen LogP contribution is 2.28. The molecule has 0 radical (unpaired) electrons. The summed E-state index contributed by atoms with van der Waals surface area (Å²) in [5.41, 5.74) is 6.58. The van der Waals surface area contributed by atoms with E-state index in [4.69, 9.17) is 12.2 Å². The molecule has 0 heterocycles. The van der Waals surface area contributed by atoms with Crippen LogP contribution in [0.1, 0.15) is 60.4 Å². The van der Waals surface area contributed by atoms with E-state index in [1.807, 2.05) is 0 Å². The van der Waals surface area contributed by atoms with E-state index < -0.39 is 0 Å². The average Bonchev–Trinajstić information content (AvgIpc) is 2.69. The van der Waals surface area contributed by atoms with Crippen LogP contribution in [-0.2, 0) is 0 Å². The molecule has 0 bridgehead atoms. The lowest BCUT2D eigenvalue weighted by Crippen LogP contribution is -2.10. The molecule has 0 aliphatic heterocycles. The predicted octanol–water partition coefficient (Wildman–Crippen LogP) is 7.39. The van der Waals surface area contributed by atoms with E-state index in [0.29, 0.717) is 5.92 Å². The van der Waals surface area contributed by atoms with Crippen molar-refractivity contribution in [2.75, 3.05) is 0 Å². The van der Waals surface area contributed by atoms with Crippen molar-refractivity contribution < 1.29 is 0 Å². The standard InChI is InChI=1S/C26H27NS/c1-19-4-6-22(7-5-19)8-9-23-10-12-24(13-11-23)14-15-25-16-20(2)26(27-18-28)21(3)17-25/h10-17,19,22H,4-7H2,1-3H3/b15-14+. The molecule has 0 unspecified atom stereocenters. The maximum absolute atomic E-state index is 4.73. The SMILES string of the molecule is Cc1cc(/C=C/c2ccc(C#CC3CCC(C)CC3)cc2)cc(C)c1N=C=S. The van der Waals surface area contributed by atoms with Crippen LogP contribution in [0.2, 0.25) is 0 Å². The van der Waals surface area contributed by atoms with Gasteiger partial charge in [-0.25, -0.2) is 0 Å². The molecule has 28 heavy (non-hydrogen) atoms. The molecule has 0 amide bonds. The Hall–Kier alpha value is -2.46. The zero-order chi connectivity index (χ0) is 19.9. The first-order chi connectivity index (χ1) is 13.5. The minimum absolute atomic E-state index is 0.577. The maximum atomic E-state index is 4.73. The van der Waals surface area contributed by atoms with E-state index in [1.54, 1.807) is 0 Å². The van der Waals surface area contributed by atoms with Crippen LogP contribution in [-0.4, -0.2) is 5.16 Å². The Bertz CT molecular complexity index is 935. The van der Waals surface area contributed by atoms with Crippen molar-refractivity contribution >= 4 is 35.2 Å². The first-order valence-corrected chi connectivity index (χ1v) is 10.4. The molecule has 1 aliphatic carbocycles. The molecule has 0 atom stereocenters. The molecule has 0 spiro atoms. The molecule has 1 nitrogen and oxygen atoms in total. The molecule has 1 saturated carbocycles. The van der Waals surface area contributed by atoms with Gasteiger partial charge >= 0.3 is 0 Å². The van der Waals surface area contributed by atoms with Gasteiger partial charge in [0.2, 0.25) is 0 Å². The topological polar surface area (TPSA) is 12.4 Å². The van der Waals surface area contributed by atoms with Crippen molar-refractivity contribution in [3.05, 3.63) is 64.2 Å². The van der Waals surface area contributed by atoms with Gasteiger partial charge in [-0.05, 0) is 104 Å². The third-order valence-electron chi connectivity index (χ3n) is 5.49. The van der Waals surface area contributed by atoms with Crippen LogP contribution >= 0.6 is 12.2 Å². The molecule has 1 fully saturated rings. The van der Waals surface area contributed by atoms with Gasteiger partial charge in [-0.15, -0.1) is 0 Å². The van der Waals surface area contributed by atoms with Crippen LogP contribution in [0.3, 0.4) is 0 Å². The Morgan fingerprint density at radius 2 is 1.54 bits per heavy atom. The first-order valence-electron chi connectivity index (χ1n) is 10.0. The van der Waals surface area contributed by atoms with Crippen LogP contribution in [0, 0.1) is 37.5 Å². The largest absolute Gasteiger partial charge is 0.194 e. The minimum atomic E-state index is 0.577. The van der Waals surface area contributed by atoms with Gasteiger partial charge in [-0.1, -0.05) is 43.0 Å². The van der Waals surface area contributed by atoms with Crippen molar-refractivity contribution in [3.63, 3.8) is 0 Å². The molecule has 2 aromatic carbocycles. The van der Waals surface area contributed by atoms with Gasteiger partial charge in [0, 0.05) is 11.5 Å². The molecule has 142 valence electrons. The summed E-state index contributed by atoms with van der Waals surface area (Å²) in [6, 6.07) is 12.7. The van der Waals surface area contributed by atoms with Crippen LogP contribution < -0.4 is 0 Å². The average molecular weight is 386 g/mol. The Kier molecular flexibility index (Phi) is 6.99. The number of aliphatic imine (C=N–C) groups is 1. The lowest BCUT2D eigenvalue weighted by molar-refractivity contribution is 0.337. The molecule has 0 aromatic heterocycles. The highest BCUT2D eigenvalue weighted by atomic mass is 32.1. The molecular weight excluding hydrogens is 358 g/mol. The van der Waals surface area contributed by atoms with Gasteiger partial charge in [0.05, 0.1) is 10.8 Å². The van der Waals surface area contributed by atoms with Crippen LogP contribution in [0.5, 0.6) is 0 Å². The third-order valence-corrected chi connectivity index (χ3v) is 5.58. The van der Waals surface area contributed by atoms with Crippen LogP contribution in [0.25, 0.3) is 12.2 Å². The van der Waals surface area contributed by atoms with Crippen molar-refractivity contribution in [2.45, 2.75) is 46.5 Å². The van der Waals surface area contributed by atoms with Crippen molar-refractivity contribution in [2.24, 2.45) is 16.8 Å².